The van der Waals surface area contributed by atoms with Crippen LogP contribution in [0.15, 0.2) is 29.5 Å². The van der Waals surface area contributed by atoms with E-state index in [1.54, 1.807) is 13.4 Å². The molecule has 1 aromatic heterocycles. The van der Waals surface area contributed by atoms with Gasteiger partial charge >= 0.3 is 0 Å². The number of hydrogen-bond acceptors (Lipinski definition) is 4. The number of nitrogens with one attached hydrogen (secondary N) is 2. The van der Waals surface area contributed by atoms with Crippen molar-refractivity contribution in [2.75, 3.05) is 7.05 Å². The van der Waals surface area contributed by atoms with E-state index in [2.05, 4.69) is 71.7 Å². The second-order valence-corrected chi connectivity index (χ2v) is 6.26. The molecule has 0 saturated carbocycles. The third kappa shape index (κ3) is 5.47. The number of hydrogen-bond donors (Lipinski definition) is 2. The highest BCUT2D eigenvalue weighted by Gasteiger charge is 2.09. The number of rotatable bonds is 8. The molecule has 142 valence electrons. The summed E-state index contributed by atoms with van der Waals surface area (Å²) in [6.45, 7) is 10.4. The van der Waals surface area contributed by atoms with Gasteiger partial charge in [-0.15, -0.1) is 10.2 Å². The van der Waals surface area contributed by atoms with Crippen molar-refractivity contribution >= 4 is 5.96 Å². The Morgan fingerprint density at radius 3 is 2.73 bits per heavy atom. The van der Waals surface area contributed by atoms with Crippen molar-refractivity contribution < 1.29 is 4.74 Å². The molecular weight excluding hydrogens is 328 g/mol. The van der Waals surface area contributed by atoms with Gasteiger partial charge in [0.1, 0.15) is 12.1 Å². The average molecular weight is 358 g/mol. The van der Waals surface area contributed by atoms with E-state index < -0.39 is 0 Å². The number of ether oxygens (including phenoxy) is 1. The molecule has 1 heterocycles. The van der Waals surface area contributed by atoms with Gasteiger partial charge in [0.05, 0.1) is 12.6 Å². The lowest BCUT2D eigenvalue weighted by atomic mass is 10.1. The second kappa shape index (κ2) is 9.79. The summed E-state index contributed by atoms with van der Waals surface area (Å²) < 4.78 is 8.07. The SMILES string of the molecule is CCC(C)Oc1cc(C)ccc1CNC(=NC)NCc1nncn1CC. The van der Waals surface area contributed by atoms with E-state index >= 15 is 0 Å². The Labute approximate surface area is 155 Å². The summed E-state index contributed by atoms with van der Waals surface area (Å²) in [5.41, 5.74) is 2.30. The van der Waals surface area contributed by atoms with Crippen molar-refractivity contribution in [3.63, 3.8) is 0 Å². The minimum absolute atomic E-state index is 0.188. The first-order chi connectivity index (χ1) is 12.6. The van der Waals surface area contributed by atoms with Gasteiger partial charge in [-0.1, -0.05) is 19.1 Å². The molecule has 0 bridgehead atoms. The van der Waals surface area contributed by atoms with E-state index in [1.165, 1.54) is 5.56 Å². The van der Waals surface area contributed by atoms with Crippen LogP contribution in [0.2, 0.25) is 0 Å². The van der Waals surface area contributed by atoms with Gasteiger partial charge in [0.2, 0.25) is 0 Å². The first-order valence-electron chi connectivity index (χ1n) is 9.14. The van der Waals surface area contributed by atoms with Crippen LogP contribution in [0.1, 0.15) is 44.1 Å². The van der Waals surface area contributed by atoms with E-state index in [0.717, 1.165) is 30.1 Å². The number of benzene rings is 1. The molecule has 0 radical (unpaired) electrons. The molecule has 1 aromatic carbocycles. The summed E-state index contributed by atoms with van der Waals surface area (Å²) in [7, 11) is 1.76. The maximum atomic E-state index is 6.07. The van der Waals surface area contributed by atoms with Gasteiger partial charge in [-0.3, -0.25) is 4.99 Å². The minimum Gasteiger partial charge on any atom is -0.490 e. The van der Waals surface area contributed by atoms with E-state index in [-0.39, 0.29) is 6.10 Å². The summed E-state index contributed by atoms with van der Waals surface area (Å²) in [4.78, 5) is 4.28. The highest BCUT2D eigenvalue weighted by molar-refractivity contribution is 5.79. The molecule has 26 heavy (non-hydrogen) atoms. The van der Waals surface area contributed by atoms with Crippen molar-refractivity contribution in [2.24, 2.45) is 4.99 Å². The smallest absolute Gasteiger partial charge is 0.191 e. The topological polar surface area (TPSA) is 76.4 Å². The quantitative estimate of drug-likeness (QED) is 0.560. The number of aryl methyl sites for hydroxylation is 2. The van der Waals surface area contributed by atoms with Crippen molar-refractivity contribution in [2.45, 2.75) is 59.9 Å². The van der Waals surface area contributed by atoms with Crippen molar-refractivity contribution in [3.05, 3.63) is 41.5 Å². The number of aliphatic imine (C=N–C) groups is 1. The monoisotopic (exact) mass is 358 g/mol. The van der Waals surface area contributed by atoms with Gasteiger partial charge in [0.15, 0.2) is 11.8 Å². The third-order valence-corrected chi connectivity index (χ3v) is 4.25. The molecule has 0 aliphatic heterocycles. The molecule has 0 aliphatic carbocycles. The summed E-state index contributed by atoms with van der Waals surface area (Å²) in [5.74, 6) is 2.52. The largest absolute Gasteiger partial charge is 0.490 e. The van der Waals surface area contributed by atoms with Crippen molar-refractivity contribution in [1.29, 1.82) is 0 Å². The molecule has 1 atom stereocenters. The molecule has 0 spiro atoms. The highest BCUT2D eigenvalue weighted by atomic mass is 16.5. The van der Waals surface area contributed by atoms with E-state index in [1.807, 2.05) is 4.57 Å². The predicted molar refractivity (Wildman–Crippen MR) is 104 cm³/mol. The second-order valence-electron chi connectivity index (χ2n) is 6.26. The lowest BCUT2D eigenvalue weighted by Crippen LogP contribution is -2.37. The van der Waals surface area contributed by atoms with E-state index in [4.69, 9.17) is 4.74 Å². The van der Waals surface area contributed by atoms with Crippen LogP contribution in [-0.4, -0.2) is 33.9 Å². The fourth-order valence-electron chi connectivity index (χ4n) is 2.46. The van der Waals surface area contributed by atoms with Gasteiger partial charge in [0, 0.05) is 25.7 Å². The van der Waals surface area contributed by atoms with Crippen molar-refractivity contribution in [1.82, 2.24) is 25.4 Å². The van der Waals surface area contributed by atoms with Crippen LogP contribution in [0.25, 0.3) is 0 Å². The van der Waals surface area contributed by atoms with Crippen LogP contribution in [0.3, 0.4) is 0 Å². The fourth-order valence-corrected chi connectivity index (χ4v) is 2.46. The van der Waals surface area contributed by atoms with Crippen molar-refractivity contribution in [3.8, 4) is 5.75 Å². The zero-order chi connectivity index (χ0) is 18.9. The average Bonchev–Trinajstić information content (AvgIpc) is 3.10. The molecule has 0 saturated heterocycles. The van der Waals surface area contributed by atoms with Gasteiger partial charge in [-0.25, -0.2) is 0 Å². The molecule has 1 unspecified atom stereocenters. The Bertz CT molecular complexity index is 725. The maximum absolute atomic E-state index is 6.07. The zero-order valence-corrected chi connectivity index (χ0v) is 16.4. The minimum atomic E-state index is 0.188. The number of nitrogens with zero attached hydrogens (tertiary/aromatic N) is 4. The molecule has 0 amide bonds. The van der Waals surface area contributed by atoms with Gasteiger partial charge in [0.25, 0.3) is 0 Å². The Hall–Kier alpha value is -2.57. The molecule has 7 nitrogen and oxygen atoms in total. The van der Waals surface area contributed by atoms with Crippen LogP contribution in [-0.2, 0) is 19.6 Å². The first kappa shape index (κ1) is 19.8. The molecule has 0 aliphatic rings. The predicted octanol–water partition coefficient (Wildman–Crippen LogP) is 2.65. The molecule has 0 fully saturated rings. The van der Waals surface area contributed by atoms with Crippen LogP contribution in [0.5, 0.6) is 5.75 Å². The third-order valence-electron chi connectivity index (χ3n) is 4.25. The summed E-state index contributed by atoms with van der Waals surface area (Å²) in [6.07, 6.45) is 2.90. The Morgan fingerprint density at radius 2 is 2.04 bits per heavy atom. The Morgan fingerprint density at radius 1 is 1.27 bits per heavy atom. The van der Waals surface area contributed by atoms with E-state index in [0.29, 0.717) is 19.0 Å². The molecule has 2 aromatic rings. The maximum Gasteiger partial charge on any atom is 0.191 e. The summed E-state index contributed by atoms with van der Waals surface area (Å²) in [6, 6.07) is 6.28. The first-order valence-corrected chi connectivity index (χ1v) is 9.14. The standard InChI is InChI=1S/C19H30N6O/c1-6-15(4)26-17-10-14(3)8-9-16(17)11-21-19(20-5)22-12-18-24-23-13-25(18)7-2/h8-10,13,15H,6-7,11-12H2,1-5H3,(H2,20,21,22). The fraction of sp³-hybridized carbons (Fsp3) is 0.526. The molecule has 2 rings (SSSR count). The van der Waals surface area contributed by atoms with Gasteiger partial charge < -0.3 is 19.9 Å². The molecule has 2 N–H and O–H groups in total. The number of guanidine groups is 1. The van der Waals surface area contributed by atoms with E-state index in [9.17, 15) is 0 Å². The molecular formula is C19H30N6O. The summed E-state index contributed by atoms with van der Waals surface area (Å²) >= 11 is 0. The van der Waals surface area contributed by atoms with Crippen LogP contribution >= 0.6 is 0 Å². The number of aromatic nitrogens is 3. The van der Waals surface area contributed by atoms with Gasteiger partial charge in [-0.2, -0.15) is 0 Å². The lowest BCUT2D eigenvalue weighted by Gasteiger charge is -2.18. The summed E-state index contributed by atoms with van der Waals surface area (Å²) in [5, 5.41) is 14.7. The van der Waals surface area contributed by atoms with Crippen LogP contribution < -0.4 is 15.4 Å². The zero-order valence-electron chi connectivity index (χ0n) is 16.4. The lowest BCUT2D eigenvalue weighted by molar-refractivity contribution is 0.215. The molecule has 7 heteroatoms. The Balaban J connectivity index is 1.97. The van der Waals surface area contributed by atoms with Crippen LogP contribution in [0.4, 0.5) is 0 Å². The normalized spacial score (nSPS) is 12.7. The van der Waals surface area contributed by atoms with Crippen LogP contribution in [0, 0.1) is 6.92 Å². The van der Waals surface area contributed by atoms with Gasteiger partial charge in [-0.05, 0) is 38.8 Å². The Kier molecular flexibility index (Phi) is 7.44. The highest BCUT2D eigenvalue weighted by Crippen LogP contribution is 2.22.